The molecule has 0 aromatic heterocycles. The van der Waals surface area contributed by atoms with Crippen LogP contribution in [0.1, 0.15) is 77.0 Å². The highest BCUT2D eigenvalue weighted by Crippen LogP contribution is 2.07. The number of rotatable bonds is 16. The van der Waals surface area contributed by atoms with Crippen molar-refractivity contribution in [1.29, 1.82) is 0 Å². The number of hydrogen-bond acceptors (Lipinski definition) is 3. The summed E-state index contributed by atoms with van der Waals surface area (Å²) in [5.41, 5.74) is 0. The van der Waals surface area contributed by atoms with Gasteiger partial charge in [-0.2, -0.15) is 0 Å². The number of carboxylic acid groups (broad SMARTS) is 1. The SMILES string of the molecule is O=CCCCCCCCCCNCCCCCC(=O)O. The van der Waals surface area contributed by atoms with Crippen molar-refractivity contribution < 1.29 is 14.7 Å². The Bertz CT molecular complexity index is 232. The predicted octanol–water partition coefficient (Wildman–Crippen LogP) is 3.54. The molecule has 0 aliphatic carbocycles. The Morgan fingerprint density at radius 2 is 1.30 bits per heavy atom. The standard InChI is InChI=1S/C16H31NO3/c18-15-11-6-4-2-1-3-5-9-13-17-14-10-7-8-12-16(19)20/h15,17H,1-14H2,(H,19,20). The maximum absolute atomic E-state index is 10.3. The fourth-order valence-electron chi connectivity index (χ4n) is 2.19. The molecule has 0 fully saturated rings. The molecule has 0 aromatic carbocycles. The molecule has 0 saturated heterocycles. The summed E-state index contributed by atoms with van der Waals surface area (Å²) in [7, 11) is 0. The molecular weight excluding hydrogens is 254 g/mol. The third-order valence-electron chi connectivity index (χ3n) is 3.42. The molecule has 0 aromatic rings. The lowest BCUT2D eigenvalue weighted by molar-refractivity contribution is -0.137. The second-order valence-electron chi connectivity index (χ2n) is 5.38. The lowest BCUT2D eigenvalue weighted by Gasteiger charge is -2.04. The highest BCUT2D eigenvalue weighted by atomic mass is 16.4. The Morgan fingerprint density at radius 3 is 1.85 bits per heavy atom. The molecule has 2 N–H and O–H groups in total. The molecule has 0 unspecified atom stereocenters. The van der Waals surface area contributed by atoms with Gasteiger partial charge < -0.3 is 15.2 Å². The molecule has 0 spiro atoms. The lowest BCUT2D eigenvalue weighted by Crippen LogP contribution is -2.16. The number of carbonyl (C=O) groups is 2. The fourth-order valence-corrected chi connectivity index (χ4v) is 2.19. The third kappa shape index (κ3) is 17.1. The second-order valence-corrected chi connectivity index (χ2v) is 5.38. The molecular formula is C16H31NO3. The van der Waals surface area contributed by atoms with Gasteiger partial charge in [-0.3, -0.25) is 4.79 Å². The van der Waals surface area contributed by atoms with Crippen molar-refractivity contribution in [3.63, 3.8) is 0 Å². The van der Waals surface area contributed by atoms with Gasteiger partial charge in [0.15, 0.2) is 0 Å². The highest BCUT2D eigenvalue weighted by molar-refractivity contribution is 5.66. The van der Waals surface area contributed by atoms with E-state index in [0.29, 0.717) is 6.42 Å². The van der Waals surface area contributed by atoms with E-state index in [9.17, 15) is 9.59 Å². The quantitative estimate of drug-likeness (QED) is 0.336. The van der Waals surface area contributed by atoms with Gasteiger partial charge in [-0.1, -0.05) is 38.5 Å². The second kappa shape index (κ2) is 16.2. The van der Waals surface area contributed by atoms with Crippen molar-refractivity contribution in [3.8, 4) is 0 Å². The molecule has 0 atom stereocenters. The summed E-state index contributed by atoms with van der Waals surface area (Å²) >= 11 is 0. The van der Waals surface area contributed by atoms with Gasteiger partial charge in [0, 0.05) is 12.8 Å². The average Bonchev–Trinajstić information content (AvgIpc) is 2.43. The topological polar surface area (TPSA) is 66.4 Å². The summed E-state index contributed by atoms with van der Waals surface area (Å²) in [5, 5.41) is 11.9. The summed E-state index contributed by atoms with van der Waals surface area (Å²) in [5.74, 6) is -0.691. The van der Waals surface area contributed by atoms with E-state index in [1.807, 2.05) is 0 Å². The van der Waals surface area contributed by atoms with Crippen LogP contribution < -0.4 is 5.32 Å². The molecule has 118 valence electrons. The van der Waals surface area contributed by atoms with Crippen LogP contribution >= 0.6 is 0 Å². The molecule has 4 heteroatoms. The van der Waals surface area contributed by atoms with Crippen LogP contribution in [0.2, 0.25) is 0 Å². The summed E-state index contributed by atoms with van der Waals surface area (Å²) in [6, 6.07) is 0. The van der Waals surface area contributed by atoms with Gasteiger partial charge in [0.2, 0.25) is 0 Å². The normalized spacial score (nSPS) is 10.6. The van der Waals surface area contributed by atoms with Crippen LogP contribution in [0.15, 0.2) is 0 Å². The van der Waals surface area contributed by atoms with E-state index in [-0.39, 0.29) is 0 Å². The summed E-state index contributed by atoms with van der Waals surface area (Å²) in [6.07, 6.45) is 13.5. The van der Waals surface area contributed by atoms with Crippen LogP contribution in [0.4, 0.5) is 0 Å². The Kier molecular flexibility index (Phi) is 15.4. The first-order valence-electron chi connectivity index (χ1n) is 8.13. The van der Waals surface area contributed by atoms with Crippen LogP contribution in [-0.2, 0) is 9.59 Å². The van der Waals surface area contributed by atoms with Crippen LogP contribution in [0, 0.1) is 0 Å². The van der Waals surface area contributed by atoms with Gasteiger partial charge in [-0.05, 0) is 38.8 Å². The maximum atomic E-state index is 10.3. The van der Waals surface area contributed by atoms with Crippen molar-refractivity contribution in [3.05, 3.63) is 0 Å². The minimum absolute atomic E-state index is 0.298. The van der Waals surface area contributed by atoms with Crippen LogP contribution in [0.5, 0.6) is 0 Å². The highest BCUT2D eigenvalue weighted by Gasteiger charge is 1.96. The molecule has 0 saturated carbocycles. The zero-order valence-electron chi connectivity index (χ0n) is 12.7. The van der Waals surface area contributed by atoms with E-state index in [1.54, 1.807) is 0 Å². The Hall–Kier alpha value is -0.900. The molecule has 0 aliphatic heterocycles. The largest absolute Gasteiger partial charge is 0.481 e. The van der Waals surface area contributed by atoms with E-state index < -0.39 is 5.97 Å². The molecule has 0 rings (SSSR count). The van der Waals surface area contributed by atoms with Crippen LogP contribution in [-0.4, -0.2) is 30.5 Å². The number of aliphatic carboxylic acids is 1. The number of unbranched alkanes of at least 4 members (excludes halogenated alkanes) is 9. The smallest absolute Gasteiger partial charge is 0.303 e. The Balaban J connectivity index is 2.95. The summed E-state index contributed by atoms with van der Waals surface area (Å²) in [6.45, 7) is 2.08. The van der Waals surface area contributed by atoms with E-state index in [1.165, 1.54) is 38.5 Å². The van der Waals surface area contributed by atoms with Gasteiger partial charge in [-0.15, -0.1) is 0 Å². The maximum Gasteiger partial charge on any atom is 0.303 e. The van der Waals surface area contributed by atoms with Crippen molar-refractivity contribution in [2.24, 2.45) is 0 Å². The van der Waals surface area contributed by atoms with Crippen molar-refractivity contribution in [2.45, 2.75) is 77.0 Å². The molecule has 0 radical (unpaired) electrons. The number of nitrogens with one attached hydrogen (secondary N) is 1. The van der Waals surface area contributed by atoms with Crippen LogP contribution in [0.25, 0.3) is 0 Å². The Labute approximate surface area is 123 Å². The first-order chi connectivity index (χ1) is 9.77. The monoisotopic (exact) mass is 285 g/mol. The summed E-state index contributed by atoms with van der Waals surface area (Å²) < 4.78 is 0. The van der Waals surface area contributed by atoms with E-state index in [4.69, 9.17) is 5.11 Å². The molecule has 0 bridgehead atoms. The van der Waals surface area contributed by atoms with Crippen molar-refractivity contribution in [2.75, 3.05) is 13.1 Å². The van der Waals surface area contributed by atoms with Gasteiger partial charge >= 0.3 is 5.97 Å². The van der Waals surface area contributed by atoms with Crippen molar-refractivity contribution >= 4 is 12.3 Å². The van der Waals surface area contributed by atoms with Gasteiger partial charge in [0.05, 0.1) is 0 Å². The average molecular weight is 285 g/mol. The van der Waals surface area contributed by atoms with E-state index in [2.05, 4.69) is 5.32 Å². The first-order valence-corrected chi connectivity index (χ1v) is 8.13. The molecule has 4 nitrogen and oxygen atoms in total. The van der Waals surface area contributed by atoms with Crippen LogP contribution in [0.3, 0.4) is 0 Å². The number of carboxylic acids is 1. The third-order valence-corrected chi connectivity index (χ3v) is 3.42. The predicted molar refractivity (Wildman–Crippen MR) is 82.0 cm³/mol. The lowest BCUT2D eigenvalue weighted by atomic mass is 10.1. The van der Waals surface area contributed by atoms with Crippen molar-refractivity contribution in [1.82, 2.24) is 5.32 Å². The molecule has 0 amide bonds. The van der Waals surface area contributed by atoms with Gasteiger partial charge in [0.1, 0.15) is 6.29 Å². The number of aldehydes is 1. The minimum atomic E-state index is -0.691. The van der Waals surface area contributed by atoms with E-state index in [0.717, 1.165) is 51.5 Å². The zero-order chi connectivity index (χ0) is 14.9. The first kappa shape index (κ1) is 19.1. The van der Waals surface area contributed by atoms with Gasteiger partial charge in [-0.25, -0.2) is 0 Å². The molecule has 20 heavy (non-hydrogen) atoms. The number of carbonyl (C=O) groups excluding carboxylic acids is 1. The molecule has 0 aliphatic rings. The zero-order valence-corrected chi connectivity index (χ0v) is 12.7. The Morgan fingerprint density at radius 1 is 0.800 bits per heavy atom. The van der Waals surface area contributed by atoms with E-state index >= 15 is 0 Å². The van der Waals surface area contributed by atoms with Gasteiger partial charge in [0.25, 0.3) is 0 Å². The minimum Gasteiger partial charge on any atom is -0.481 e. The summed E-state index contributed by atoms with van der Waals surface area (Å²) in [4.78, 5) is 20.4. The number of hydrogen-bond donors (Lipinski definition) is 2. The fraction of sp³-hybridized carbons (Fsp3) is 0.875. The molecule has 0 heterocycles.